The fourth-order valence-corrected chi connectivity index (χ4v) is 2.81. The van der Waals surface area contributed by atoms with Gasteiger partial charge in [-0.3, -0.25) is 4.79 Å². The first-order valence-electron chi connectivity index (χ1n) is 9.70. The molecule has 29 heavy (non-hydrogen) atoms. The van der Waals surface area contributed by atoms with Crippen LogP contribution >= 0.6 is 11.6 Å². The van der Waals surface area contributed by atoms with Gasteiger partial charge >= 0.3 is 5.97 Å². The van der Waals surface area contributed by atoms with Gasteiger partial charge in [0.1, 0.15) is 12.4 Å². The second-order valence-corrected chi connectivity index (χ2v) is 6.72. The molecule has 0 radical (unpaired) electrons. The molecule has 0 bridgehead atoms. The minimum Gasteiger partial charge on any atom is -0.491 e. The molecule has 0 heterocycles. The summed E-state index contributed by atoms with van der Waals surface area (Å²) in [6.45, 7) is 7.26. The molecule has 0 saturated carbocycles. The summed E-state index contributed by atoms with van der Waals surface area (Å²) >= 11 is 6.01. The average molecular weight is 419 g/mol. The van der Waals surface area contributed by atoms with Crippen molar-refractivity contribution in [3.05, 3.63) is 59.1 Å². The monoisotopic (exact) mass is 418 g/mol. The number of nitrogens with zero attached hydrogens (tertiary/aromatic N) is 1. The third-order valence-electron chi connectivity index (χ3n) is 4.36. The number of amides is 1. The molecule has 1 N–H and O–H groups in total. The maximum atomic E-state index is 12.1. The van der Waals surface area contributed by atoms with Crippen LogP contribution in [0.5, 0.6) is 5.75 Å². The van der Waals surface area contributed by atoms with Gasteiger partial charge in [-0.2, -0.15) is 0 Å². The van der Waals surface area contributed by atoms with Gasteiger partial charge in [-0.25, -0.2) is 4.79 Å². The van der Waals surface area contributed by atoms with Gasteiger partial charge in [-0.1, -0.05) is 37.6 Å². The Morgan fingerprint density at radius 3 is 2.34 bits per heavy atom. The number of anilines is 1. The fourth-order valence-electron chi connectivity index (χ4n) is 2.62. The number of ether oxygens (including phenoxy) is 2. The summed E-state index contributed by atoms with van der Waals surface area (Å²) in [4.78, 5) is 26.3. The van der Waals surface area contributed by atoms with Crippen molar-refractivity contribution in [1.29, 1.82) is 0 Å². The van der Waals surface area contributed by atoms with E-state index in [9.17, 15) is 9.59 Å². The SMILES string of the molecule is CCN(CC)CCOC(=O)c1ccc(NC(=O)CCOc2ccccc2Cl)cc1. The van der Waals surface area contributed by atoms with E-state index in [1.54, 1.807) is 36.4 Å². The zero-order chi connectivity index (χ0) is 21.1. The van der Waals surface area contributed by atoms with E-state index in [0.717, 1.165) is 13.1 Å². The van der Waals surface area contributed by atoms with Crippen LogP contribution in [0.15, 0.2) is 48.5 Å². The number of halogens is 1. The number of para-hydroxylation sites is 1. The lowest BCUT2D eigenvalue weighted by Gasteiger charge is -2.17. The molecule has 0 aliphatic carbocycles. The molecule has 0 aromatic heterocycles. The topological polar surface area (TPSA) is 67.9 Å². The summed E-state index contributed by atoms with van der Waals surface area (Å²) < 4.78 is 10.8. The lowest BCUT2D eigenvalue weighted by molar-refractivity contribution is -0.116. The van der Waals surface area contributed by atoms with Crippen LogP contribution in [0.4, 0.5) is 5.69 Å². The molecule has 2 aromatic rings. The van der Waals surface area contributed by atoms with E-state index in [0.29, 0.717) is 35.2 Å². The van der Waals surface area contributed by atoms with E-state index in [4.69, 9.17) is 21.1 Å². The summed E-state index contributed by atoms with van der Waals surface area (Å²) in [5, 5.41) is 3.28. The normalized spacial score (nSPS) is 10.6. The number of benzene rings is 2. The summed E-state index contributed by atoms with van der Waals surface area (Å²) in [7, 11) is 0. The van der Waals surface area contributed by atoms with E-state index < -0.39 is 0 Å². The highest BCUT2D eigenvalue weighted by Gasteiger charge is 2.09. The lowest BCUT2D eigenvalue weighted by Crippen LogP contribution is -2.27. The Kier molecular flexibility index (Phi) is 9.47. The van der Waals surface area contributed by atoms with Crippen LogP contribution in [-0.4, -0.2) is 49.6 Å². The van der Waals surface area contributed by atoms with Gasteiger partial charge < -0.3 is 19.7 Å². The van der Waals surface area contributed by atoms with Gasteiger partial charge in [0.05, 0.1) is 23.6 Å². The maximum absolute atomic E-state index is 12.1. The van der Waals surface area contributed by atoms with Crippen molar-refractivity contribution in [1.82, 2.24) is 4.90 Å². The van der Waals surface area contributed by atoms with Gasteiger partial charge in [0.2, 0.25) is 5.91 Å². The van der Waals surface area contributed by atoms with E-state index in [-0.39, 0.29) is 24.9 Å². The van der Waals surface area contributed by atoms with Crippen LogP contribution in [0, 0.1) is 0 Å². The Hall–Kier alpha value is -2.57. The first kappa shape index (κ1) is 22.7. The van der Waals surface area contributed by atoms with E-state index in [1.165, 1.54) is 0 Å². The van der Waals surface area contributed by atoms with Crippen molar-refractivity contribution in [2.45, 2.75) is 20.3 Å². The molecule has 0 saturated heterocycles. The number of hydrogen-bond donors (Lipinski definition) is 1. The second-order valence-electron chi connectivity index (χ2n) is 6.32. The number of hydrogen-bond acceptors (Lipinski definition) is 5. The molecule has 0 unspecified atom stereocenters. The third-order valence-corrected chi connectivity index (χ3v) is 4.68. The summed E-state index contributed by atoms with van der Waals surface area (Å²) in [6, 6.07) is 13.7. The lowest BCUT2D eigenvalue weighted by atomic mass is 10.2. The molecule has 0 aliphatic heterocycles. The third kappa shape index (κ3) is 7.75. The van der Waals surface area contributed by atoms with Crippen LogP contribution in [-0.2, 0) is 9.53 Å². The maximum Gasteiger partial charge on any atom is 0.338 e. The number of nitrogens with one attached hydrogen (secondary N) is 1. The molecular weight excluding hydrogens is 392 g/mol. The Morgan fingerprint density at radius 1 is 1.00 bits per heavy atom. The molecule has 2 aromatic carbocycles. The summed E-state index contributed by atoms with van der Waals surface area (Å²) in [5.74, 6) is -0.0133. The zero-order valence-corrected chi connectivity index (χ0v) is 17.6. The highest BCUT2D eigenvalue weighted by atomic mass is 35.5. The quantitative estimate of drug-likeness (QED) is 0.552. The molecule has 6 nitrogen and oxygen atoms in total. The van der Waals surface area contributed by atoms with Gasteiger partial charge in [0.25, 0.3) is 0 Å². The van der Waals surface area contributed by atoms with Gasteiger partial charge in [0, 0.05) is 12.2 Å². The van der Waals surface area contributed by atoms with Gasteiger partial charge in [0.15, 0.2) is 0 Å². The molecule has 0 aliphatic rings. The second kappa shape index (κ2) is 12.1. The molecule has 156 valence electrons. The minimum atomic E-state index is -0.372. The van der Waals surface area contributed by atoms with E-state index >= 15 is 0 Å². The molecule has 0 fully saturated rings. The van der Waals surface area contributed by atoms with E-state index in [1.807, 2.05) is 12.1 Å². The largest absolute Gasteiger partial charge is 0.491 e. The summed E-state index contributed by atoms with van der Waals surface area (Å²) in [6.07, 6.45) is 0.181. The number of carbonyl (C=O) groups excluding carboxylic acids is 2. The van der Waals surface area contributed by atoms with Crippen LogP contribution in [0.25, 0.3) is 0 Å². The molecule has 0 atom stereocenters. The van der Waals surface area contributed by atoms with Crippen molar-refractivity contribution in [3.63, 3.8) is 0 Å². The number of esters is 1. The van der Waals surface area contributed by atoms with Crippen molar-refractivity contribution in [2.75, 3.05) is 38.2 Å². The average Bonchev–Trinajstić information content (AvgIpc) is 2.73. The first-order chi connectivity index (χ1) is 14.0. The van der Waals surface area contributed by atoms with Crippen molar-refractivity contribution < 1.29 is 19.1 Å². The molecule has 1 amide bonds. The Balaban J connectivity index is 1.74. The fraction of sp³-hybridized carbons (Fsp3) is 0.364. The Morgan fingerprint density at radius 2 is 1.69 bits per heavy atom. The smallest absolute Gasteiger partial charge is 0.338 e. The first-order valence-corrected chi connectivity index (χ1v) is 10.1. The van der Waals surface area contributed by atoms with Crippen LogP contribution in [0.2, 0.25) is 5.02 Å². The number of carbonyl (C=O) groups is 2. The van der Waals surface area contributed by atoms with Crippen LogP contribution < -0.4 is 10.1 Å². The number of rotatable bonds is 11. The van der Waals surface area contributed by atoms with Gasteiger partial charge in [-0.05, 0) is 49.5 Å². The standard InChI is InChI=1S/C22H27ClN2O4/c1-3-25(4-2)14-16-29-22(27)17-9-11-18(12-10-17)24-21(26)13-15-28-20-8-6-5-7-19(20)23/h5-12H,3-4,13-16H2,1-2H3,(H,24,26). The van der Waals surface area contributed by atoms with Crippen molar-refractivity contribution >= 4 is 29.2 Å². The molecular formula is C22H27ClN2O4. The highest BCUT2D eigenvalue weighted by molar-refractivity contribution is 6.32. The van der Waals surface area contributed by atoms with Crippen LogP contribution in [0.1, 0.15) is 30.6 Å². The van der Waals surface area contributed by atoms with Gasteiger partial charge in [-0.15, -0.1) is 0 Å². The molecule has 0 spiro atoms. The Labute approximate surface area is 176 Å². The Bertz CT molecular complexity index is 792. The molecule has 7 heteroatoms. The van der Waals surface area contributed by atoms with Crippen LogP contribution in [0.3, 0.4) is 0 Å². The number of likely N-dealkylation sites (N-methyl/N-ethyl adjacent to an activating group) is 1. The zero-order valence-electron chi connectivity index (χ0n) is 16.8. The predicted molar refractivity (Wildman–Crippen MR) is 115 cm³/mol. The van der Waals surface area contributed by atoms with Crippen molar-refractivity contribution in [3.8, 4) is 5.75 Å². The highest BCUT2D eigenvalue weighted by Crippen LogP contribution is 2.23. The van der Waals surface area contributed by atoms with E-state index in [2.05, 4.69) is 24.1 Å². The molecule has 2 rings (SSSR count). The summed E-state index contributed by atoms with van der Waals surface area (Å²) in [5.41, 5.74) is 1.05. The predicted octanol–water partition coefficient (Wildman–Crippen LogP) is 4.25. The van der Waals surface area contributed by atoms with Crippen molar-refractivity contribution in [2.24, 2.45) is 0 Å². The minimum absolute atomic E-state index is 0.181.